The number of carbonyl (C=O) groups excluding carboxylic acids is 2. The number of esters is 1. The molecule has 0 aliphatic rings. The molecule has 0 radical (unpaired) electrons. The molecule has 2 aromatic rings. The lowest BCUT2D eigenvalue weighted by Gasteiger charge is -2.09. The Labute approximate surface area is 134 Å². The van der Waals surface area contributed by atoms with Crippen LogP contribution in [0.4, 0.5) is 11.5 Å². The van der Waals surface area contributed by atoms with E-state index in [0.717, 1.165) is 14.7 Å². The number of carbonyl (C=O) groups is 2. The second-order valence-corrected chi connectivity index (χ2v) is 5.40. The normalized spacial score (nSPS) is 10.3. The number of amides is 1. The van der Waals surface area contributed by atoms with Crippen molar-refractivity contribution in [2.24, 2.45) is 0 Å². The Morgan fingerprint density at radius 3 is 2.82 bits per heavy atom. The number of nitrogens with two attached hydrogens (primary N) is 1. The molecular formula is C13H14BrN5O3. The Bertz CT molecular complexity index is 728. The van der Waals surface area contributed by atoms with Crippen molar-refractivity contribution in [2.45, 2.75) is 13.5 Å². The van der Waals surface area contributed by atoms with Gasteiger partial charge in [0, 0.05) is 10.2 Å². The minimum absolute atomic E-state index is 0.0190. The van der Waals surface area contributed by atoms with E-state index in [0.29, 0.717) is 5.69 Å². The summed E-state index contributed by atoms with van der Waals surface area (Å²) in [5.74, 6) is -1.05. The van der Waals surface area contributed by atoms with Gasteiger partial charge in [0.2, 0.25) is 11.6 Å². The predicted molar refractivity (Wildman–Crippen MR) is 83.3 cm³/mol. The quantitative estimate of drug-likeness (QED) is 0.788. The molecule has 0 fully saturated rings. The molecular weight excluding hydrogens is 354 g/mol. The first-order chi connectivity index (χ1) is 10.4. The molecule has 0 saturated carbocycles. The van der Waals surface area contributed by atoms with Crippen molar-refractivity contribution in [2.75, 3.05) is 18.2 Å². The van der Waals surface area contributed by atoms with Crippen LogP contribution in [0.2, 0.25) is 0 Å². The molecule has 116 valence electrons. The van der Waals surface area contributed by atoms with Gasteiger partial charge in [0.25, 0.3) is 0 Å². The number of rotatable bonds is 4. The number of nitrogens with zero attached hydrogens (tertiary/aromatic N) is 3. The third-order valence-electron chi connectivity index (χ3n) is 2.91. The van der Waals surface area contributed by atoms with Gasteiger partial charge in [-0.05, 0) is 30.7 Å². The maximum Gasteiger partial charge on any atom is 0.362 e. The van der Waals surface area contributed by atoms with Gasteiger partial charge in [0.1, 0.15) is 6.54 Å². The van der Waals surface area contributed by atoms with Crippen LogP contribution >= 0.6 is 15.9 Å². The Morgan fingerprint density at radius 1 is 1.45 bits per heavy atom. The van der Waals surface area contributed by atoms with Crippen LogP contribution in [0.25, 0.3) is 0 Å². The molecule has 0 bridgehead atoms. The average molecular weight is 368 g/mol. The van der Waals surface area contributed by atoms with Crippen molar-refractivity contribution in [1.29, 1.82) is 0 Å². The lowest BCUT2D eigenvalue weighted by molar-refractivity contribution is -0.116. The maximum absolute atomic E-state index is 12.0. The maximum atomic E-state index is 12.0. The van der Waals surface area contributed by atoms with Crippen molar-refractivity contribution in [3.05, 3.63) is 33.9 Å². The number of hydrogen-bond donors (Lipinski definition) is 2. The van der Waals surface area contributed by atoms with E-state index in [-0.39, 0.29) is 24.0 Å². The zero-order chi connectivity index (χ0) is 16.3. The highest BCUT2D eigenvalue weighted by Gasteiger charge is 2.19. The van der Waals surface area contributed by atoms with Crippen LogP contribution in [0.3, 0.4) is 0 Å². The summed E-state index contributed by atoms with van der Waals surface area (Å²) in [5, 5.41) is 10.0. The monoisotopic (exact) mass is 367 g/mol. The van der Waals surface area contributed by atoms with Crippen LogP contribution in [-0.4, -0.2) is 34.0 Å². The first-order valence-electron chi connectivity index (χ1n) is 6.25. The van der Waals surface area contributed by atoms with Gasteiger partial charge in [-0.25, -0.2) is 9.48 Å². The van der Waals surface area contributed by atoms with Gasteiger partial charge >= 0.3 is 5.97 Å². The van der Waals surface area contributed by atoms with Crippen molar-refractivity contribution in [3.8, 4) is 0 Å². The molecule has 0 atom stereocenters. The van der Waals surface area contributed by atoms with Gasteiger partial charge in [0.05, 0.1) is 7.11 Å². The van der Waals surface area contributed by atoms with Gasteiger partial charge < -0.3 is 15.8 Å². The number of aromatic nitrogens is 3. The molecule has 0 unspecified atom stereocenters. The molecule has 3 N–H and O–H groups in total. The fourth-order valence-electron chi connectivity index (χ4n) is 1.77. The number of hydrogen-bond acceptors (Lipinski definition) is 6. The molecule has 0 aliphatic heterocycles. The van der Waals surface area contributed by atoms with Crippen LogP contribution in [0.15, 0.2) is 22.7 Å². The first kappa shape index (κ1) is 16.0. The number of methoxy groups -OCH3 is 1. The third kappa shape index (κ3) is 3.42. The molecule has 1 aromatic carbocycles. The van der Waals surface area contributed by atoms with E-state index in [9.17, 15) is 9.59 Å². The fraction of sp³-hybridized carbons (Fsp3) is 0.231. The topological polar surface area (TPSA) is 112 Å². The van der Waals surface area contributed by atoms with Gasteiger partial charge in [-0.3, -0.25) is 4.79 Å². The second-order valence-electron chi connectivity index (χ2n) is 4.48. The molecule has 1 aromatic heterocycles. The summed E-state index contributed by atoms with van der Waals surface area (Å²) in [7, 11) is 1.21. The summed E-state index contributed by atoms with van der Waals surface area (Å²) >= 11 is 3.35. The zero-order valence-corrected chi connectivity index (χ0v) is 13.5. The van der Waals surface area contributed by atoms with Crippen LogP contribution in [0.1, 0.15) is 16.1 Å². The minimum Gasteiger partial charge on any atom is -0.464 e. The molecule has 1 amide bonds. The molecule has 0 aliphatic carbocycles. The summed E-state index contributed by atoms with van der Waals surface area (Å²) < 4.78 is 6.58. The van der Waals surface area contributed by atoms with Gasteiger partial charge in [-0.1, -0.05) is 21.1 Å². The van der Waals surface area contributed by atoms with E-state index >= 15 is 0 Å². The Balaban J connectivity index is 2.09. The van der Waals surface area contributed by atoms with Crippen LogP contribution < -0.4 is 11.1 Å². The zero-order valence-electron chi connectivity index (χ0n) is 12.0. The number of benzene rings is 1. The average Bonchev–Trinajstić information content (AvgIpc) is 2.82. The third-order valence-corrected chi connectivity index (χ3v) is 3.40. The smallest absolute Gasteiger partial charge is 0.362 e. The standard InChI is InChI=1S/C13H14BrN5O3/c1-7-5-8(14)3-4-9(7)16-10(20)6-19-12(15)11(17-18-19)13(21)22-2/h3-5H,6,15H2,1-2H3,(H,16,20). The Kier molecular flexibility index (Phi) is 4.76. The van der Waals surface area contributed by atoms with E-state index in [2.05, 4.69) is 36.3 Å². The molecule has 1 heterocycles. The molecule has 0 spiro atoms. The van der Waals surface area contributed by atoms with E-state index in [1.54, 1.807) is 6.07 Å². The van der Waals surface area contributed by atoms with E-state index in [4.69, 9.17) is 5.73 Å². The van der Waals surface area contributed by atoms with E-state index in [1.165, 1.54) is 7.11 Å². The summed E-state index contributed by atoms with van der Waals surface area (Å²) in [4.78, 5) is 23.4. The molecule has 0 saturated heterocycles. The summed E-state index contributed by atoms with van der Waals surface area (Å²) in [5.41, 5.74) is 7.19. The SMILES string of the molecule is COC(=O)c1nnn(CC(=O)Nc2ccc(Br)cc2C)c1N. The van der Waals surface area contributed by atoms with E-state index < -0.39 is 5.97 Å². The first-order valence-corrected chi connectivity index (χ1v) is 7.05. The largest absolute Gasteiger partial charge is 0.464 e. The Hall–Kier alpha value is -2.42. The summed E-state index contributed by atoms with van der Waals surface area (Å²) in [6.45, 7) is 1.71. The number of anilines is 2. The number of halogens is 1. The highest BCUT2D eigenvalue weighted by molar-refractivity contribution is 9.10. The van der Waals surface area contributed by atoms with Crippen LogP contribution in [-0.2, 0) is 16.1 Å². The van der Waals surface area contributed by atoms with Crippen LogP contribution in [0.5, 0.6) is 0 Å². The molecule has 22 heavy (non-hydrogen) atoms. The lowest BCUT2D eigenvalue weighted by Crippen LogP contribution is -2.21. The Morgan fingerprint density at radius 2 is 2.18 bits per heavy atom. The minimum atomic E-state index is -0.701. The predicted octanol–water partition coefficient (Wildman–Crippen LogP) is 1.36. The van der Waals surface area contributed by atoms with Gasteiger partial charge in [0.15, 0.2) is 5.82 Å². The fourth-order valence-corrected chi connectivity index (χ4v) is 2.25. The van der Waals surface area contributed by atoms with Crippen LogP contribution in [0, 0.1) is 6.92 Å². The number of nitrogens with one attached hydrogen (secondary N) is 1. The summed E-state index contributed by atoms with van der Waals surface area (Å²) in [6.07, 6.45) is 0. The van der Waals surface area contributed by atoms with E-state index in [1.807, 2.05) is 19.1 Å². The molecule has 9 heteroatoms. The van der Waals surface area contributed by atoms with Crippen molar-refractivity contribution >= 4 is 39.3 Å². The van der Waals surface area contributed by atoms with Crippen molar-refractivity contribution in [1.82, 2.24) is 15.0 Å². The van der Waals surface area contributed by atoms with Gasteiger partial charge in [-0.15, -0.1) is 5.10 Å². The number of aryl methyl sites for hydroxylation is 1. The number of nitrogen functional groups attached to an aromatic ring is 1. The highest BCUT2D eigenvalue weighted by atomic mass is 79.9. The lowest BCUT2D eigenvalue weighted by atomic mass is 10.2. The van der Waals surface area contributed by atoms with Crippen molar-refractivity contribution in [3.63, 3.8) is 0 Å². The molecule has 2 rings (SSSR count). The highest BCUT2D eigenvalue weighted by Crippen LogP contribution is 2.20. The summed E-state index contributed by atoms with van der Waals surface area (Å²) in [6, 6.07) is 5.48. The van der Waals surface area contributed by atoms with Crippen molar-refractivity contribution < 1.29 is 14.3 Å². The number of ether oxygens (including phenoxy) is 1. The second kappa shape index (κ2) is 6.56. The van der Waals surface area contributed by atoms with Gasteiger partial charge in [-0.2, -0.15) is 0 Å². The molecule has 8 nitrogen and oxygen atoms in total.